The Balaban J connectivity index is 1.99. The molecule has 0 saturated carbocycles. The molecule has 0 atom stereocenters. The summed E-state index contributed by atoms with van der Waals surface area (Å²) in [5.74, 6) is 0.776. The third kappa shape index (κ3) is 5.17. The highest BCUT2D eigenvalue weighted by Crippen LogP contribution is 2.26. The Morgan fingerprint density at radius 3 is 2.71 bits per heavy atom. The smallest absolute Gasteiger partial charge is 0.184 e. The molecule has 0 heterocycles. The molecule has 0 saturated heterocycles. The number of ether oxygens (including phenoxy) is 1. The summed E-state index contributed by atoms with van der Waals surface area (Å²) in [6, 6.07) is 15.7. The molecule has 0 spiro atoms. The van der Waals surface area contributed by atoms with E-state index in [-0.39, 0.29) is 5.11 Å². The minimum Gasteiger partial charge on any atom is -0.488 e. The third-order valence-electron chi connectivity index (χ3n) is 2.58. The van der Waals surface area contributed by atoms with Crippen LogP contribution in [0.2, 0.25) is 0 Å². The van der Waals surface area contributed by atoms with Crippen molar-refractivity contribution in [2.75, 3.05) is 0 Å². The van der Waals surface area contributed by atoms with Crippen LogP contribution in [0.15, 0.2) is 58.1 Å². The van der Waals surface area contributed by atoms with Crippen molar-refractivity contribution in [2.24, 2.45) is 10.8 Å². The van der Waals surface area contributed by atoms with E-state index in [0.29, 0.717) is 6.61 Å². The Kier molecular flexibility index (Phi) is 5.71. The number of hydrogen-bond acceptors (Lipinski definition) is 3. The lowest BCUT2D eigenvalue weighted by Crippen LogP contribution is -2.23. The molecule has 0 radical (unpaired) electrons. The maximum absolute atomic E-state index is 5.77. The molecule has 2 rings (SSSR count). The first-order valence-corrected chi connectivity index (χ1v) is 7.40. The molecule has 2 aromatic carbocycles. The number of halogens is 1. The van der Waals surface area contributed by atoms with E-state index in [1.165, 1.54) is 0 Å². The average Bonchev–Trinajstić information content (AvgIpc) is 2.47. The molecule has 6 heteroatoms. The molecule has 0 aromatic heterocycles. The SMILES string of the molecule is NC(=S)NN=Cc1ccc(OCc2ccccc2)c(Br)c1. The van der Waals surface area contributed by atoms with Crippen LogP contribution in [-0.4, -0.2) is 11.3 Å². The highest BCUT2D eigenvalue weighted by Gasteiger charge is 2.02. The van der Waals surface area contributed by atoms with E-state index in [2.05, 4.69) is 38.7 Å². The second-order valence-corrected chi connectivity index (χ2v) is 5.49. The van der Waals surface area contributed by atoms with E-state index in [1.807, 2.05) is 48.5 Å². The van der Waals surface area contributed by atoms with Gasteiger partial charge in [0.05, 0.1) is 10.7 Å². The van der Waals surface area contributed by atoms with E-state index in [9.17, 15) is 0 Å². The van der Waals surface area contributed by atoms with Crippen LogP contribution in [0.25, 0.3) is 0 Å². The Labute approximate surface area is 137 Å². The molecule has 0 aliphatic carbocycles. The number of nitrogens with two attached hydrogens (primary N) is 1. The zero-order chi connectivity index (χ0) is 15.1. The maximum atomic E-state index is 5.77. The molecule has 0 amide bonds. The van der Waals surface area contributed by atoms with Crippen LogP contribution in [0.1, 0.15) is 11.1 Å². The lowest BCUT2D eigenvalue weighted by atomic mass is 10.2. The van der Waals surface area contributed by atoms with Crippen LogP contribution in [0, 0.1) is 0 Å². The third-order valence-corrected chi connectivity index (χ3v) is 3.29. The van der Waals surface area contributed by atoms with Gasteiger partial charge in [-0.15, -0.1) is 0 Å². The number of benzene rings is 2. The van der Waals surface area contributed by atoms with Crippen LogP contribution in [0.3, 0.4) is 0 Å². The first-order valence-electron chi connectivity index (χ1n) is 6.20. The summed E-state index contributed by atoms with van der Waals surface area (Å²) >= 11 is 8.15. The number of hydrazone groups is 1. The van der Waals surface area contributed by atoms with Gasteiger partial charge in [0.25, 0.3) is 0 Å². The van der Waals surface area contributed by atoms with Crippen molar-refractivity contribution in [3.63, 3.8) is 0 Å². The van der Waals surface area contributed by atoms with Gasteiger partial charge in [0.15, 0.2) is 5.11 Å². The van der Waals surface area contributed by atoms with Gasteiger partial charge in [0, 0.05) is 0 Å². The van der Waals surface area contributed by atoms with Gasteiger partial charge in [-0.05, 0) is 57.5 Å². The number of hydrogen-bond donors (Lipinski definition) is 2. The second-order valence-electron chi connectivity index (χ2n) is 4.20. The quantitative estimate of drug-likeness (QED) is 0.486. The van der Waals surface area contributed by atoms with E-state index in [1.54, 1.807) is 6.21 Å². The summed E-state index contributed by atoms with van der Waals surface area (Å²) in [4.78, 5) is 0. The summed E-state index contributed by atoms with van der Waals surface area (Å²) in [5, 5.41) is 4.04. The number of nitrogens with zero attached hydrogens (tertiary/aromatic N) is 1. The predicted molar refractivity (Wildman–Crippen MR) is 92.4 cm³/mol. The molecular weight excluding hydrogens is 350 g/mol. The first-order chi connectivity index (χ1) is 10.1. The number of rotatable bonds is 5. The predicted octanol–water partition coefficient (Wildman–Crippen LogP) is 3.20. The minimum absolute atomic E-state index is 0.133. The van der Waals surface area contributed by atoms with Crippen LogP contribution in [-0.2, 0) is 6.61 Å². The fourth-order valence-electron chi connectivity index (χ4n) is 1.62. The van der Waals surface area contributed by atoms with Crippen molar-refractivity contribution in [3.8, 4) is 5.75 Å². The van der Waals surface area contributed by atoms with Gasteiger partial charge in [0.1, 0.15) is 12.4 Å². The van der Waals surface area contributed by atoms with Crippen molar-refractivity contribution in [1.82, 2.24) is 5.43 Å². The summed E-state index contributed by atoms with van der Waals surface area (Å²) in [5.41, 5.74) is 9.81. The van der Waals surface area contributed by atoms with Crippen molar-refractivity contribution in [2.45, 2.75) is 6.61 Å². The summed E-state index contributed by atoms with van der Waals surface area (Å²) in [6.07, 6.45) is 1.63. The first kappa shape index (κ1) is 15.5. The lowest BCUT2D eigenvalue weighted by Gasteiger charge is -2.08. The van der Waals surface area contributed by atoms with Crippen molar-refractivity contribution < 1.29 is 4.74 Å². The van der Waals surface area contributed by atoms with E-state index < -0.39 is 0 Å². The van der Waals surface area contributed by atoms with Crippen LogP contribution >= 0.6 is 28.1 Å². The van der Waals surface area contributed by atoms with Crippen LogP contribution < -0.4 is 15.9 Å². The monoisotopic (exact) mass is 363 g/mol. The molecular formula is C15H14BrN3OS. The molecule has 0 bridgehead atoms. The van der Waals surface area contributed by atoms with Crippen molar-refractivity contribution in [3.05, 3.63) is 64.1 Å². The Hall–Kier alpha value is -1.92. The van der Waals surface area contributed by atoms with Crippen molar-refractivity contribution in [1.29, 1.82) is 0 Å². The molecule has 0 unspecified atom stereocenters. The highest BCUT2D eigenvalue weighted by atomic mass is 79.9. The average molecular weight is 364 g/mol. The highest BCUT2D eigenvalue weighted by molar-refractivity contribution is 9.10. The Morgan fingerprint density at radius 1 is 1.29 bits per heavy atom. The summed E-state index contributed by atoms with van der Waals surface area (Å²) < 4.78 is 6.63. The van der Waals surface area contributed by atoms with E-state index in [4.69, 9.17) is 10.5 Å². The second kappa shape index (κ2) is 7.75. The van der Waals surface area contributed by atoms with Gasteiger partial charge in [-0.3, -0.25) is 5.43 Å². The summed E-state index contributed by atoms with van der Waals surface area (Å²) in [6.45, 7) is 0.524. The summed E-state index contributed by atoms with van der Waals surface area (Å²) in [7, 11) is 0. The Morgan fingerprint density at radius 2 is 2.05 bits per heavy atom. The zero-order valence-corrected chi connectivity index (χ0v) is 13.5. The lowest BCUT2D eigenvalue weighted by molar-refractivity contribution is 0.304. The largest absolute Gasteiger partial charge is 0.488 e. The van der Waals surface area contributed by atoms with Gasteiger partial charge in [0.2, 0.25) is 0 Å². The number of thiocarbonyl (C=S) groups is 1. The van der Waals surface area contributed by atoms with Crippen LogP contribution in [0.5, 0.6) is 5.75 Å². The molecule has 3 N–H and O–H groups in total. The minimum atomic E-state index is 0.133. The van der Waals surface area contributed by atoms with Gasteiger partial charge in [-0.25, -0.2) is 0 Å². The molecule has 0 aliphatic rings. The fourth-order valence-corrected chi connectivity index (χ4v) is 2.18. The normalized spacial score (nSPS) is 10.5. The Bertz CT molecular complexity index is 647. The molecule has 0 aliphatic heterocycles. The molecule has 2 aromatic rings. The van der Waals surface area contributed by atoms with Gasteiger partial charge in [-0.1, -0.05) is 30.3 Å². The standard InChI is InChI=1S/C15H14BrN3OS/c16-13-8-12(9-18-19-15(17)21)6-7-14(13)20-10-11-4-2-1-3-5-11/h1-9H,10H2,(H3,17,19,21). The van der Waals surface area contributed by atoms with E-state index >= 15 is 0 Å². The molecule has 21 heavy (non-hydrogen) atoms. The number of nitrogens with one attached hydrogen (secondary N) is 1. The van der Waals surface area contributed by atoms with Gasteiger partial charge < -0.3 is 10.5 Å². The van der Waals surface area contributed by atoms with E-state index in [0.717, 1.165) is 21.3 Å². The zero-order valence-electron chi connectivity index (χ0n) is 11.1. The topological polar surface area (TPSA) is 59.6 Å². The van der Waals surface area contributed by atoms with Crippen LogP contribution in [0.4, 0.5) is 0 Å². The molecule has 0 fully saturated rings. The molecule has 4 nitrogen and oxygen atoms in total. The van der Waals surface area contributed by atoms with Crippen molar-refractivity contribution >= 4 is 39.5 Å². The van der Waals surface area contributed by atoms with Gasteiger partial charge in [-0.2, -0.15) is 5.10 Å². The molecule has 108 valence electrons. The fraction of sp³-hybridized carbons (Fsp3) is 0.0667. The maximum Gasteiger partial charge on any atom is 0.184 e. The van der Waals surface area contributed by atoms with Gasteiger partial charge >= 0.3 is 0 Å².